The third-order valence-electron chi connectivity index (χ3n) is 4.72. The highest BCUT2D eigenvalue weighted by atomic mass is 32.2. The number of amides is 1. The SMILES string of the molecule is CC(C)S(=O)(=O)c1ccc(CC(=O)N(CCc2cccs2)C2CC2)cc1. The van der Waals surface area contributed by atoms with Crippen molar-refractivity contribution < 1.29 is 13.2 Å². The fourth-order valence-corrected chi connectivity index (χ4v) is 4.69. The molecule has 1 heterocycles. The van der Waals surface area contributed by atoms with Gasteiger partial charge in [-0.1, -0.05) is 18.2 Å². The predicted molar refractivity (Wildman–Crippen MR) is 105 cm³/mol. The molecule has 6 heteroatoms. The maximum absolute atomic E-state index is 12.8. The summed E-state index contributed by atoms with van der Waals surface area (Å²) >= 11 is 1.72. The molecule has 1 aliphatic carbocycles. The zero-order valence-electron chi connectivity index (χ0n) is 15.2. The largest absolute Gasteiger partial charge is 0.339 e. The van der Waals surface area contributed by atoms with Crippen LogP contribution in [0.15, 0.2) is 46.7 Å². The lowest BCUT2D eigenvalue weighted by atomic mass is 10.1. The third kappa shape index (κ3) is 4.54. The van der Waals surface area contributed by atoms with Gasteiger partial charge in [0, 0.05) is 17.5 Å². The smallest absolute Gasteiger partial charge is 0.227 e. The van der Waals surface area contributed by atoms with Crippen LogP contribution in [0, 0.1) is 0 Å². The van der Waals surface area contributed by atoms with Crippen molar-refractivity contribution in [3.05, 3.63) is 52.2 Å². The number of nitrogens with zero attached hydrogens (tertiary/aromatic N) is 1. The molecule has 0 atom stereocenters. The number of carbonyl (C=O) groups is 1. The molecule has 4 nitrogen and oxygen atoms in total. The normalized spacial score (nSPS) is 14.6. The molecule has 0 unspecified atom stereocenters. The topological polar surface area (TPSA) is 54.5 Å². The molecule has 1 amide bonds. The van der Waals surface area contributed by atoms with Crippen molar-refractivity contribution in [2.45, 2.75) is 55.7 Å². The van der Waals surface area contributed by atoms with Crippen molar-refractivity contribution >= 4 is 27.1 Å². The maximum Gasteiger partial charge on any atom is 0.227 e. The molecule has 140 valence electrons. The molecular formula is C20H25NO3S2. The monoisotopic (exact) mass is 391 g/mol. The Labute approximate surface area is 159 Å². The van der Waals surface area contributed by atoms with Crippen LogP contribution in [0.2, 0.25) is 0 Å². The quantitative estimate of drug-likeness (QED) is 0.689. The highest BCUT2D eigenvalue weighted by Gasteiger charge is 2.32. The average molecular weight is 392 g/mol. The lowest BCUT2D eigenvalue weighted by Crippen LogP contribution is -2.36. The number of thiophene rings is 1. The van der Waals surface area contributed by atoms with Gasteiger partial charge in [0.25, 0.3) is 0 Å². The van der Waals surface area contributed by atoms with Gasteiger partial charge in [-0.3, -0.25) is 4.79 Å². The molecular weight excluding hydrogens is 366 g/mol. The van der Waals surface area contributed by atoms with Gasteiger partial charge >= 0.3 is 0 Å². The summed E-state index contributed by atoms with van der Waals surface area (Å²) in [6.45, 7) is 4.10. The summed E-state index contributed by atoms with van der Waals surface area (Å²) in [7, 11) is -3.27. The van der Waals surface area contributed by atoms with Crippen molar-refractivity contribution in [1.29, 1.82) is 0 Å². The summed E-state index contributed by atoms with van der Waals surface area (Å²) in [5.74, 6) is 0.128. The molecule has 3 rings (SSSR count). The van der Waals surface area contributed by atoms with Crippen LogP contribution in [-0.4, -0.2) is 37.1 Å². The van der Waals surface area contributed by atoms with Crippen LogP contribution in [0.3, 0.4) is 0 Å². The van der Waals surface area contributed by atoms with Gasteiger partial charge in [0.1, 0.15) is 0 Å². The van der Waals surface area contributed by atoms with Gasteiger partial charge in [0.05, 0.1) is 16.6 Å². The van der Waals surface area contributed by atoms with Gasteiger partial charge in [0.2, 0.25) is 5.91 Å². The summed E-state index contributed by atoms with van der Waals surface area (Å²) in [4.78, 5) is 16.4. The van der Waals surface area contributed by atoms with E-state index in [-0.39, 0.29) is 5.91 Å². The zero-order valence-corrected chi connectivity index (χ0v) is 16.9. The summed E-state index contributed by atoms with van der Waals surface area (Å²) in [6.07, 6.45) is 3.39. The number of hydrogen-bond donors (Lipinski definition) is 0. The first-order valence-corrected chi connectivity index (χ1v) is 11.4. The van der Waals surface area contributed by atoms with Crippen molar-refractivity contribution in [3.63, 3.8) is 0 Å². The van der Waals surface area contributed by atoms with Crippen LogP contribution in [0.1, 0.15) is 37.1 Å². The van der Waals surface area contributed by atoms with E-state index in [4.69, 9.17) is 0 Å². The second-order valence-electron chi connectivity index (χ2n) is 7.06. The summed E-state index contributed by atoms with van der Waals surface area (Å²) in [6, 6.07) is 11.3. The van der Waals surface area contributed by atoms with E-state index >= 15 is 0 Å². The van der Waals surface area contributed by atoms with E-state index in [1.165, 1.54) is 4.88 Å². The molecule has 0 N–H and O–H groups in total. The maximum atomic E-state index is 12.8. The number of rotatable bonds is 8. The average Bonchev–Trinajstić information content (AvgIpc) is 3.30. The first-order valence-electron chi connectivity index (χ1n) is 9.02. The second-order valence-corrected chi connectivity index (χ2v) is 10.6. The molecule has 1 aromatic heterocycles. The number of carbonyl (C=O) groups excluding carboxylic acids is 1. The van der Waals surface area contributed by atoms with E-state index in [9.17, 15) is 13.2 Å². The van der Waals surface area contributed by atoms with Crippen LogP contribution in [0.25, 0.3) is 0 Å². The molecule has 2 aromatic rings. The molecule has 1 saturated carbocycles. The number of sulfone groups is 1. The number of hydrogen-bond acceptors (Lipinski definition) is 4. The van der Waals surface area contributed by atoms with Crippen molar-refractivity contribution in [2.24, 2.45) is 0 Å². The lowest BCUT2D eigenvalue weighted by Gasteiger charge is -2.22. The van der Waals surface area contributed by atoms with Crippen LogP contribution in [0.4, 0.5) is 0 Å². The Morgan fingerprint density at radius 1 is 1.19 bits per heavy atom. The van der Waals surface area contributed by atoms with Crippen LogP contribution >= 0.6 is 11.3 Å². The Morgan fingerprint density at radius 3 is 2.42 bits per heavy atom. The minimum atomic E-state index is -3.27. The third-order valence-corrected chi connectivity index (χ3v) is 7.82. The molecule has 0 radical (unpaired) electrons. The van der Waals surface area contributed by atoms with E-state index in [1.807, 2.05) is 11.0 Å². The fourth-order valence-electron chi connectivity index (χ4n) is 2.93. The minimum Gasteiger partial charge on any atom is -0.339 e. The van der Waals surface area contributed by atoms with Crippen LogP contribution in [-0.2, 0) is 27.5 Å². The first kappa shape index (κ1) is 19.1. The standard InChI is InChI=1S/C20H25NO3S2/c1-15(2)26(23,24)19-9-5-16(6-10-19)14-20(22)21(17-7-8-17)12-11-18-4-3-13-25-18/h3-6,9-10,13,15,17H,7-8,11-12,14H2,1-2H3. The van der Waals surface area contributed by atoms with E-state index in [1.54, 1.807) is 49.4 Å². The molecule has 1 aromatic carbocycles. The lowest BCUT2D eigenvalue weighted by molar-refractivity contribution is -0.131. The molecule has 0 bridgehead atoms. The van der Waals surface area contributed by atoms with Gasteiger partial charge in [-0.05, 0) is 62.3 Å². The van der Waals surface area contributed by atoms with E-state index in [2.05, 4.69) is 11.4 Å². The van der Waals surface area contributed by atoms with Crippen molar-refractivity contribution in [1.82, 2.24) is 4.90 Å². The molecule has 0 aliphatic heterocycles. The van der Waals surface area contributed by atoms with Crippen LogP contribution < -0.4 is 0 Å². The highest BCUT2D eigenvalue weighted by molar-refractivity contribution is 7.92. The van der Waals surface area contributed by atoms with Gasteiger partial charge in [-0.15, -0.1) is 11.3 Å². The summed E-state index contributed by atoms with van der Waals surface area (Å²) in [5.41, 5.74) is 0.861. The minimum absolute atomic E-state index is 0.128. The predicted octanol–water partition coefficient (Wildman–Crippen LogP) is 3.71. The van der Waals surface area contributed by atoms with Gasteiger partial charge < -0.3 is 4.90 Å². The molecule has 1 aliphatic rings. The van der Waals surface area contributed by atoms with E-state index in [0.717, 1.165) is 31.4 Å². The Kier molecular flexibility index (Phi) is 5.82. The Bertz CT molecular complexity index is 836. The molecule has 26 heavy (non-hydrogen) atoms. The van der Waals surface area contributed by atoms with Gasteiger partial charge in [-0.25, -0.2) is 8.42 Å². The molecule has 0 spiro atoms. The van der Waals surface area contributed by atoms with E-state index in [0.29, 0.717) is 17.4 Å². The molecule has 0 saturated heterocycles. The molecule has 1 fully saturated rings. The summed E-state index contributed by atoms with van der Waals surface area (Å²) < 4.78 is 24.4. The Balaban J connectivity index is 1.64. The van der Waals surface area contributed by atoms with Gasteiger partial charge in [0.15, 0.2) is 9.84 Å². The highest BCUT2D eigenvalue weighted by Crippen LogP contribution is 2.28. The summed E-state index contributed by atoms with van der Waals surface area (Å²) in [5, 5.41) is 1.61. The fraction of sp³-hybridized carbons (Fsp3) is 0.450. The number of benzene rings is 1. The van der Waals surface area contributed by atoms with Crippen LogP contribution in [0.5, 0.6) is 0 Å². The Hall–Kier alpha value is -1.66. The van der Waals surface area contributed by atoms with Crippen molar-refractivity contribution in [2.75, 3.05) is 6.54 Å². The van der Waals surface area contributed by atoms with Gasteiger partial charge in [-0.2, -0.15) is 0 Å². The Morgan fingerprint density at radius 2 is 1.88 bits per heavy atom. The first-order chi connectivity index (χ1) is 12.4. The second kappa shape index (κ2) is 7.92. The van der Waals surface area contributed by atoms with E-state index < -0.39 is 15.1 Å². The van der Waals surface area contributed by atoms with Crippen molar-refractivity contribution in [3.8, 4) is 0 Å². The zero-order chi connectivity index (χ0) is 18.7.